The van der Waals surface area contributed by atoms with E-state index in [1.54, 1.807) is 12.2 Å². The van der Waals surface area contributed by atoms with Crippen LogP contribution in [-0.2, 0) is 0 Å². The molecule has 0 spiro atoms. The summed E-state index contributed by atoms with van der Waals surface area (Å²) in [5, 5.41) is 8.74. The third-order valence-corrected chi connectivity index (χ3v) is 1.39. The minimum atomic E-state index is 0.158. The molecule has 56 valence electrons. The van der Waals surface area contributed by atoms with Gasteiger partial charge in [-0.15, -0.1) is 0 Å². The molecule has 0 saturated carbocycles. The molecule has 0 aliphatic heterocycles. The molecule has 0 rings (SSSR count). The fourth-order valence-corrected chi connectivity index (χ4v) is 0.675. The van der Waals surface area contributed by atoms with Gasteiger partial charge in [-0.2, -0.15) is 0 Å². The maximum absolute atomic E-state index is 8.74. The van der Waals surface area contributed by atoms with E-state index in [1.165, 1.54) is 0 Å². The standard InChI is InChI=1S/C9H14O/c1-4-6-9(5-2)8(3)7-10/h4-6,8,10H,1-2,7H2,3H3/b9-6+. The van der Waals surface area contributed by atoms with E-state index in [0.717, 1.165) is 5.57 Å². The number of allylic oxidation sites excluding steroid dienone is 3. The first-order valence-corrected chi connectivity index (χ1v) is 3.32. The molecule has 1 atom stereocenters. The van der Waals surface area contributed by atoms with Crippen molar-refractivity contribution < 1.29 is 5.11 Å². The fourth-order valence-electron chi connectivity index (χ4n) is 0.675. The van der Waals surface area contributed by atoms with Gasteiger partial charge in [0.1, 0.15) is 0 Å². The van der Waals surface area contributed by atoms with Crippen molar-refractivity contribution in [1.82, 2.24) is 0 Å². The van der Waals surface area contributed by atoms with Crippen molar-refractivity contribution in [2.45, 2.75) is 6.92 Å². The Bertz CT molecular complexity index is 145. The van der Waals surface area contributed by atoms with Crippen molar-refractivity contribution >= 4 is 0 Å². The topological polar surface area (TPSA) is 20.2 Å². The summed E-state index contributed by atoms with van der Waals surface area (Å²) >= 11 is 0. The summed E-state index contributed by atoms with van der Waals surface area (Å²) in [4.78, 5) is 0. The minimum absolute atomic E-state index is 0.158. The molecule has 0 heterocycles. The van der Waals surface area contributed by atoms with Crippen LogP contribution in [0.4, 0.5) is 0 Å². The van der Waals surface area contributed by atoms with Crippen molar-refractivity contribution in [3.63, 3.8) is 0 Å². The van der Waals surface area contributed by atoms with Gasteiger partial charge in [0.2, 0.25) is 0 Å². The first-order valence-electron chi connectivity index (χ1n) is 3.32. The Morgan fingerprint density at radius 3 is 2.50 bits per heavy atom. The molecule has 0 aliphatic carbocycles. The highest BCUT2D eigenvalue weighted by Crippen LogP contribution is 2.09. The lowest BCUT2D eigenvalue weighted by molar-refractivity contribution is 0.258. The molecule has 0 aromatic carbocycles. The van der Waals surface area contributed by atoms with Crippen LogP contribution in [-0.4, -0.2) is 11.7 Å². The van der Waals surface area contributed by atoms with E-state index in [2.05, 4.69) is 13.2 Å². The second-order valence-corrected chi connectivity index (χ2v) is 2.19. The van der Waals surface area contributed by atoms with Crippen LogP contribution in [0.2, 0.25) is 0 Å². The lowest BCUT2D eigenvalue weighted by atomic mass is 10.0. The van der Waals surface area contributed by atoms with Crippen LogP contribution >= 0.6 is 0 Å². The molecule has 1 heteroatoms. The number of hydrogen-bond acceptors (Lipinski definition) is 1. The van der Waals surface area contributed by atoms with Crippen LogP contribution in [0.15, 0.2) is 37.0 Å². The highest BCUT2D eigenvalue weighted by molar-refractivity contribution is 5.23. The summed E-state index contributed by atoms with van der Waals surface area (Å²) in [6.07, 6.45) is 5.29. The van der Waals surface area contributed by atoms with Crippen molar-refractivity contribution in [2.75, 3.05) is 6.61 Å². The smallest absolute Gasteiger partial charge is 0.0497 e. The summed E-state index contributed by atoms with van der Waals surface area (Å²) in [7, 11) is 0. The van der Waals surface area contributed by atoms with Crippen molar-refractivity contribution in [3.05, 3.63) is 37.0 Å². The maximum atomic E-state index is 8.74. The molecule has 0 aromatic heterocycles. The van der Waals surface area contributed by atoms with Crippen molar-refractivity contribution in [1.29, 1.82) is 0 Å². The van der Waals surface area contributed by atoms with E-state index in [0.29, 0.717) is 0 Å². The zero-order valence-electron chi connectivity index (χ0n) is 6.38. The SMILES string of the molecule is C=C/C=C(\C=C)C(C)CO. The molecule has 0 radical (unpaired) electrons. The van der Waals surface area contributed by atoms with Gasteiger partial charge in [-0.1, -0.05) is 38.3 Å². The number of hydrogen-bond donors (Lipinski definition) is 1. The van der Waals surface area contributed by atoms with Crippen LogP contribution in [0.5, 0.6) is 0 Å². The van der Waals surface area contributed by atoms with E-state index in [1.807, 2.05) is 13.0 Å². The normalized spacial score (nSPS) is 14.4. The summed E-state index contributed by atoms with van der Waals surface area (Å²) in [6.45, 7) is 9.28. The highest BCUT2D eigenvalue weighted by Gasteiger charge is 2.00. The average Bonchev–Trinajstić information content (AvgIpc) is 1.99. The monoisotopic (exact) mass is 138 g/mol. The zero-order chi connectivity index (χ0) is 7.98. The van der Waals surface area contributed by atoms with E-state index in [9.17, 15) is 0 Å². The molecular weight excluding hydrogens is 124 g/mol. The molecule has 10 heavy (non-hydrogen) atoms. The van der Waals surface area contributed by atoms with Gasteiger partial charge in [0.15, 0.2) is 0 Å². The van der Waals surface area contributed by atoms with Gasteiger partial charge >= 0.3 is 0 Å². The van der Waals surface area contributed by atoms with Gasteiger partial charge in [-0.3, -0.25) is 0 Å². The van der Waals surface area contributed by atoms with Gasteiger partial charge < -0.3 is 5.11 Å². The molecule has 0 aliphatic rings. The lowest BCUT2D eigenvalue weighted by Gasteiger charge is -2.06. The summed E-state index contributed by atoms with van der Waals surface area (Å²) < 4.78 is 0. The van der Waals surface area contributed by atoms with E-state index in [-0.39, 0.29) is 12.5 Å². The van der Waals surface area contributed by atoms with Gasteiger partial charge in [0.25, 0.3) is 0 Å². The minimum Gasteiger partial charge on any atom is -0.396 e. The zero-order valence-corrected chi connectivity index (χ0v) is 6.38. The highest BCUT2D eigenvalue weighted by atomic mass is 16.3. The van der Waals surface area contributed by atoms with Crippen molar-refractivity contribution in [2.24, 2.45) is 5.92 Å². The predicted octanol–water partition coefficient (Wildman–Crippen LogP) is 1.91. The number of rotatable bonds is 4. The molecule has 1 nitrogen and oxygen atoms in total. The first-order chi connectivity index (χ1) is 4.76. The molecular formula is C9H14O. The predicted molar refractivity (Wildman–Crippen MR) is 44.7 cm³/mol. The van der Waals surface area contributed by atoms with Crippen LogP contribution in [0.25, 0.3) is 0 Å². The van der Waals surface area contributed by atoms with E-state index >= 15 is 0 Å². The second kappa shape index (κ2) is 5.00. The maximum Gasteiger partial charge on any atom is 0.0497 e. The van der Waals surface area contributed by atoms with Crippen LogP contribution in [0.3, 0.4) is 0 Å². The summed E-state index contributed by atoms with van der Waals surface area (Å²) in [5.74, 6) is 0.162. The third kappa shape index (κ3) is 2.65. The van der Waals surface area contributed by atoms with Gasteiger partial charge in [-0.05, 0) is 5.57 Å². The Labute approximate surface area is 62.4 Å². The summed E-state index contributed by atoms with van der Waals surface area (Å²) in [5.41, 5.74) is 1.03. The summed E-state index contributed by atoms with van der Waals surface area (Å²) in [6, 6.07) is 0. The van der Waals surface area contributed by atoms with E-state index in [4.69, 9.17) is 5.11 Å². The third-order valence-electron chi connectivity index (χ3n) is 1.39. The van der Waals surface area contributed by atoms with Gasteiger partial charge in [0, 0.05) is 12.5 Å². The molecule has 1 unspecified atom stereocenters. The molecule has 0 fully saturated rings. The Morgan fingerprint density at radius 2 is 2.20 bits per heavy atom. The van der Waals surface area contributed by atoms with Crippen molar-refractivity contribution in [3.8, 4) is 0 Å². The molecule has 1 N–H and O–H groups in total. The first kappa shape index (κ1) is 9.18. The fraction of sp³-hybridized carbons (Fsp3) is 0.333. The van der Waals surface area contributed by atoms with Crippen LogP contribution in [0, 0.1) is 5.92 Å². The number of aliphatic hydroxyl groups is 1. The lowest BCUT2D eigenvalue weighted by Crippen LogP contribution is -2.01. The second-order valence-electron chi connectivity index (χ2n) is 2.19. The molecule has 0 amide bonds. The Morgan fingerprint density at radius 1 is 1.60 bits per heavy atom. The van der Waals surface area contributed by atoms with Gasteiger partial charge in [0.05, 0.1) is 0 Å². The largest absolute Gasteiger partial charge is 0.396 e. The molecule has 0 aromatic rings. The average molecular weight is 138 g/mol. The Balaban J connectivity index is 4.18. The molecule has 0 bridgehead atoms. The van der Waals surface area contributed by atoms with Gasteiger partial charge in [-0.25, -0.2) is 0 Å². The van der Waals surface area contributed by atoms with Crippen LogP contribution < -0.4 is 0 Å². The Hall–Kier alpha value is -0.820. The molecule has 0 saturated heterocycles. The Kier molecular flexibility index (Phi) is 4.59. The number of aliphatic hydroxyl groups excluding tert-OH is 1. The van der Waals surface area contributed by atoms with E-state index < -0.39 is 0 Å². The van der Waals surface area contributed by atoms with Crippen LogP contribution in [0.1, 0.15) is 6.92 Å². The quantitative estimate of drug-likeness (QED) is 0.588.